The molecule has 0 aliphatic carbocycles. The lowest BCUT2D eigenvalue weighted by molar-refractivity contribution is 0.402. The van der Waals surface area contributed by atoms with Gasteiger partial charge in [0, 0.05) is 31.4 Å². The van der Waals surface area contributed by atoms with Crippen LogP contribution < -0.4 is 15.0 Å². The Bertz CT molecular complexity index is 908. The van der Waals surface area contributed by atoms with E-state index in [-0.39, 0.29) is 0 Å². The van der Waals surface area contributed by atoms with E-state index < -0.39 is 0 Å². The zero-order valence-electron chi connectivity index (χ0n) is 16.9. The van der Waals surface area contributed by atoms with Crippen molar-refractivity contribution in [3.05, 3.63) is 78.0 Å². The molecule has 0 bridgehead atoms. The van der Waals surface area contributed by atoms with Crippen LogP contribution in [0.1, 0.15) is 24.0 Å². The number of methoxy groups -OCH3 is 1. The zero-order valence-corrected chi connectivity index (χ0v) is 16.9. The average molecular weight is 389 g/mol. The molecule has 0 amide bonds. The Kier molecular flexibility index (Phi) is 6.25. The first-order valence-electron chi connectivity index (χ1n) is 10.3. The summed E-state index contributed by atoms with van der Waals surface area (Å²) in [5, 5.41) is 3.33. The van der Waals surface area contributed by atoms with Crippen molar-refractivity contribution in [1.29, 1.82) is 0 Å². The summed E-state index contributed by atoms with van der Waals surface area (Å²) < 4.78 is 5.42. The highest BCUT2D eigenvalue weighted by molar-refractivity contribution is 5.44. The van der Waals surface area contributed by atoms with Gasteiger partial charge in [-0.3, -0.25) is 0 Å². The molecule has 0 saturated carbocycles. The molecule has 4 rings (SSSR count). The number of piperidine rings is 1. The van der Waals surface area contributed by atoms with Gasteiger partial charge in [-0.05, 0) is 42.9 Å². The summed E-state index contributed by atoms with van der Waals surface area (Å²) in [7, 11) is 1.69. The van der Waals surface area contributed by atoms with E-state index in [0.717, 1.165) is 36.1 Å². The molecule has 1 aliphatic heterocycles. The van der Waals surface area contributed by atoms with Gasteiger partial charge in [0.15, 0.2) is 0 Å². The van der Waals surface area contributed by atoms with Crippen molar-refractivity contribution in [3.8, 4) is 5.75 Å². The van der Waals surface area contributed by atoms with Crippen molar-refractivity contribution in [2.75, 3.05) is 30.4 Å². The van der Waals surface area contributed by atoms with Crippen molar-refractivity contribution < 1.29 is 4.74 Å². The molecule has 1 aromatic heterocycles. The SMILES string of the molecule is COc1ccccc1CNc1nccc(N2CCC(Cc3ccccc3)CC2)n1. The fraction of sp³-hybridized carbons (Fsp3) is 0.333. The minimum atomic E-state index is 0.632. The lowest BCUT2D eigenvalue weighted by Gasteiger charge is -2.33. The van der Waals surface area contributed by atoms with Crippen molar-refractivity contribution in [1.82, 2.24) is 9.97 Å². The smallest absolute Gasteiger partial charge is 0.224 e. The minimum absolute atomic E-state index is 0.632. The van der Waals surface area contributed by atoms with E-state index in [0.29, 0.717) is 12.5 Å². The predicted octanol–water partition coefficient (Wildman–Crippen LogP) is 4.56. The Hall–Kier alpha value is -3.08. The first kappa shape index (κ1) is 19.2. The van der Waals surface area contributed by atoms with E-state index in [1.165, 1.54) is 24.8 Å². The quantitative estimate of drug-likeness (QED) is 0.643. The van der Waals surface area contributed by atoms with E-state index >= 15 is 0 Å². The molecule has 2 aromatic carbocycles. The maximum absolute atomic E-state index is 5.42. The Morgan fingerprint density at radius 1 is 1.00 bits per heavy atom. The first-order valence-corrected chi connectivity index (χ1v) is 10.3. The fourth-order valence-corrected chi connectivity index (χ4v) is 3.95. The van der Waals surface area contributed by atoms with Gasteiger partial charge in [-0.15, -0.1) is 0 Å². The summed E-state index contributed by atoms with van der Waals surface area (Å²) in [5.74, 6) is 3.27. The van der Waals surface area contributed by atoms with E-state index in [1.807, 2.05) is 36.5 Å². The monoisotopic (exact) mass is 388 g/mol. The van der Waals surface area contributed by atoms with Crippen molar-refractivity contribution >= 4 is 11.8 Å². The molecule has 0 radical (unpaired) electrons. The normalized spacial score (nSPS) is 14.6. The van der Waals surface area contributed by atoms with Crippen LogP contribution in [0.3, 0.4) is 0 Å². The topological polar surface area (TPSA) is 50.3 Å². The number of ether oxygens (including phenoxy) is 1. The lowest BCUT2D eigenvalue weighted by atomic mass is 9.90. The lowest BCUT2D eigenvalue weighted by Crippen LogP contribution is -2.35. The predicted molar refractivity (Wildman–Crippen MR) is 117 cm³/mol. The molecular formula is C24H28N4O. The number of hydrogen-bond acceptors (Lipinski definition) is 5. The molecule has 2 heterocycles. The first-order chi connectivity index (χ1) is 14.3. The molecule has 150 valence electrons. The molecule has 5 nitrogen and oxygen atoms in total. The molecule has 0 atom stereocenters. The van der Waals surface area contributed by atoms with E-state index in [1.54, 1.807) is 7.11 Å². The zero-order chi connectivity index (χ0) is 19.9. The summed E-state index contributed by atoms with van der Waals surface area (Å²) in [6, 6.07) is 20.8. The summed E-state index contributed by atoms with van der Waals surface area (Å²) >= 11 is 0. The van der Waals surface area contributed by atoms with Crippen molar-refractivity contribution in [3.63, 3.8) is 0 Å². The molecule has 3 aromatic rings. The van der Waals surface area contributed by atoms with Crippen LogP contribution in [-0.4, -0.2) is 30.2 Å². The number of nitrogens with zero attached hydrogens (tertiary/aromatic N) is 3. The van der Waals surface area contributed by atoms with E-state index in [2.05, 4.69) is 45.5 Å². The molecule has 29 heavy (non-hydrogen) atoms. The summed E-state index contributed by atoms with van der Waals surface area (Å²) in [6.07, 6.45) is 5.40. The Morgan fingerprint density at radius 2 is 1.76 bits per heavy atom. The van der Waals surface area contributed by atoms with Gasteiger partial charge in [0.25, 0.3) is 0 Å². The average Bonchev–Trinajstić information content (AvgIpc) is 2.79. The van der Waals surface area contributed by atoms with Gasteiger partial charge in [0.05, 0.1) is 7.11 Å². The number of para-hydroxylation sites is 1. The molecule has 0 unspecified atom stereocenters. The standard InChI is InChI=1S/C24H28N4O/c1-29-22-10-6-5-9-21(22)18-26-24-25-14-11-23(27-24)28-15-12-20(13-16-28)17-19-7-3-2-4-8-19/h2-11,14,20H,12-13,15-18H2,1H3,(H,25,26,27). The van der Waals surface area contributed by atoms with E-state index in [4.69, 9.17) is 9.72 Å². The van der Waals surface area contributed by atoms with Crippen LogP contribution in [0, 0.1) is 5.92 Å². The van der Waals surface area contributed by atoms with E-state index in [9.17, 15) is 0 Å². The minimum Gasteiger partial charge on any atom is -0.496 e. The van der Waals surface area contributed by atoms with Crippen LogP contribution in [-0.2, 0) is 13.0 Å². The number of rotatable bonds is 7. The molecule has 5 heteroatoms. The third kappa shape index (κ3) is 5.05. The second-order valence-electron chi connectivity index (χ2n) is 7.52. The van der Waals surface area contributed by atoms with Gasteiger partial charge < -0.3 is 15.0 Å². The number of hydrogen-bond donors (Lipinski definition) is 1. The highest BCUT2D eigenvalue weighted by Gasteiger charge is 2.20. The van der Waals surface area contributed by atoms with Crippen LogP contribution in [0.15, 0.2) is 66.9 Å². The Morgan fingerprint density at radius 3 is 2.55 bits per heavy atom. The fourth-order valence-electron chi connectivity index (χ4n) is 3.95. The van der Waals surface area contributed by atoms with Crippen molar-refractivity contribution in [2.24, 2.45) is 5.92 Å². The maximum atomic E-state index is 5.42. The second kappa shape index (κ2) is 9.41. The molecular weight excluding hydrogens is 360 g/mol. The van der Waals surface area contributed by atoms with Crippen LogP contribution >= 0.6 is 0 Å². The number of nitrogens with one attached hydrogen (secondary N) is 1. The summed E-state index contributed by atoms with van der Waals surface area (Å²) in [6.45, 7) is 2.72. The maximum Gasteiger partial charge on any atom is 0.224 e. The molecule has 1 fully saturated rings. The Labute approximate surface area is 172 Å². The van der Waals surface area contributed by atoms with Gasteiger partial charge in [-0.2, -0.15) is 4.98 Å². The molecule has 1 saturated heterocycles. The van der Waals surface area contributed by atoms with Crippen LogP contribution in [0.25, 0.3) is 0 Å². The van der Waals surface area contributed by atoms with Crippen LogP contribution in [0.5, 0.6) is 5.75 Å². The number of aromatic nitrogens is 2. The van der Waals surface area contributed by atoms with Gasteiger partial charge in [-0.25, -0.2) is 4.98 Å². The van der Waals surface area contributed by atoms with Crippen molar-refractivity contribution in [2.45, 2.75) is 25.8 Å². The number of benzene rings is 2. The third-order valence-corrected chi connectivity index (χ3v) is 5.58. The molecule has 0 spiro atoms. The van der Waals surface area contributed by atoms with Gasteiger partial charge >= 0.3 is 0 Å². The Balaban J connectivity index is 1.33. The molecule has 1 N–H and O–H groups in total. The number of anilines is 2. The van der Waals surface area contributed by atoms with Crippen LogP contribution in [0.2, 0.25) is 0 Å². The summed E-state index contributed by atoms with van der Waals surface area (Å²) in [4.78, 5) is 11.5. The van der Waals surface area contributed by atoms with Crippen LogP contribution in [0.4, 0.5) is 11.8 Å². The highest BCUT2D eigenvalue weighted by Crippen LogP contribution is 2.25. The third-order valence-electron chi connectivity index (χ3n) is 5.58. The highest BCUT2D eigenvalue weighted by atomic mass is 16.5. The van der Waals surface area contributed by atoms with Gasteiger partial charge in [0.2, 0.25) is 5.95 Å². The largest absolute Gasteiger partial charge is 0.496 e. The van der Waals surface area contributed by atoms with Gasteiger partial charge in [0.1, 0.15) is 11.6 Å². The molecule has 1 aliphatic rings. The van der Waals surface area contributed by atoms with Gasteiger partial charge in [-0.1, -0.05) is 48.5 Å². The summed E-state index contributed by atoms with van der Waals surface area (Å²) in [5.41, 5.74) is 2.53. The second-order valence-corrected chi connectivity index (χ2v) is 7.52.